The average Bonchev–Trinajstić information content (AvgIpc) is 3.64. The van der Waals surface area contributed by atoms with Crippen LogP contribution in [0.3, 0.4) is 0 Å². The number of nitrogens with zero attached hydrogens (tertiary/aromatic N) is 3. The molecule has 1 unspecified atom stereocenters. The highest BCUT2D eigenvalue weighted by molar-refractivity contribution is 5.95. The van der Waals surface area contributed by atoms with Gasteiger partial charge in [0.15, 0.2) is 11.4 Å². The Labute approximate surface area is 219 Å². The highest BCUT2D eigenvalue weighted by Gasteiger charge is 2.26. The SMILES string of the molecule is CCCCCC(C)c1cc2nc(C3CC3)cc(CCCNC(=O)CCc3ccc(F)cc3C(C)=O)n2n1. The number of carbonyl (C=O) groups is 2. The third-order valence-corrected chi connectivity index (χ3v) is 7.29. The molecule has 6 nitrogen and oxygen atoms in total. The molecule has 198 valence electrons. The molecule has 1 saturated carbocycles. The summed E-state index contributed by atoms with van der Waals surface area (Å²) in [7, 11) is 0. The highest BCUT2D eigenvalue weighted by Crippen LogP contribution is 2.39. The van der Waals surface area contributed by atoms with Crippen LogP contribution in [0.1, 0.15) is 117 Å². The van der Waals surface area contributed by atoms with Gasteiger partial charge in [-0.25, -0.2) is 13.9 Å². The number of Topliss-reactive ketones (excluding diaryl/α,β-unsaturated/α-hetero) is 1. The fourth-order valence-corrected chi connectivity index (χ4v) is 4.86. The molecule has 1 amide bonds. The van der Waals surface area contributed by atoms with Crippen molar-refractivity contribution in [2.24, 2.45) is 0 Å². The third-order valence-electron chi connectivity index (χ3n) is 7.29. The highest BCUT2D eigenvalue weighted by atomic mass is 19.1. The molecule has 37 heavy (non-hydrogen) atoms. The van der Waals surface area contributed by atoms with Gasteiger partial charge in [-0.1, -0.05) is 39.2 Å². The van der Waals surface area contributed by atoms with E-state index in [1.54, 1.807) is 6.07 Å². The van der Waals surface area contributed by atoms with Crippen molar-refractivity contribution in [2.75, 3.05) is 6.54 Å². The second kappa shape index (κ2) is 12.4. The molecule has 2 heterocycles. The van der Waals surface area contributed by atoms with Gasteiger partial charge in [0.05, 0.1) is 5.69 Å². The molecule has 0 aliphatic heterocycles. The van der Waals surface area contributed by atoms with Crippen molar-refractivity contribution in [2.45, 2.75) is 96.8 Å². The number of amides is 1. The number of aromatic nitrogens is 3. The third kappa shape index (κ3) is 7.24. The number of aryl methyl sites for hydroxylation is 2. The molecule has 0 bridgehead atoms. The summed E-state index contributed by atoms with van der Waals surface area (Å²) in [6.07, 6.45) is 9.49. The first-order valence-electron chi connectivity index (χ1n) is 13.8. The van der Waals surface area contributed by atoms with Crippen LogP contribution in [0.15, 0.2) is 30.3 Å². The van der Waals surface area contributed by atoms with Gasteiger partial charge in [0.1, 0.15) is 5.82 Å². The zero-order chi connectivity index (χ0) is 26.4. The van der Waals surface area contributed by atoms with Gasteiger partial charge in [-0.2, -0.15) is 5.10 Å². The lowest BCUT2D eigenvalue weighted by molar-refractivity contribution is -0.121. The van der Waals surface area contributed by atoms with E-state index in [1.807, 2.05) is 4.52 Å². The number of hydrogen-bond donors (Lipinski definition) is 1. The van der Waals surface area contributed by atoms with E-state index in [2.05, 4.69) is 31.3 Å². The number of unbranched alkanes of at least 4 members (excludes halogenated alkanes) is 2. The minimum Gasteiger partial charge on any atom is -0.356 e. The van der Waals surface area contributed by atoms with Crippen molar-refractivity contribution in [3.05, 3.63) is 64.4 Å². The van der Waals surface area contributed by atoms with Gasteiger partial charge < -0.3 is 5.32 Å². The molecule has 1 N–H and O–H groups in total. The molecule has 1 aliphatic carbocycles. The summed E-state index contributed by atoms with van der Waals surface area (Å²) < 4.78 is 15.5. The van der Waals surface area contributed by atoms with E-state index >= 15 is 0 Å². The molecule has 4 rings (SSSR count). The Morgan fingerprint density at radius 3 is 2.68 bits per heavy atom. The summed E-state index contributed by atoms with van der Waals surface area (Å²) in [4.78, 5) is 29.1. The second-order valence-electron chi connectivity index (χ2n) is 10.5. The molecule has 0 spiro atoms. The van der Waals surface area contributed by atoms with Crippen LogP contribution >= 0.6 is 0 Å². The van der Waals surface area contributed by atoms with Crippen molar-refractivity contribution in [3.8, 4) is 0 Å². The number of halogens is 1. The van der Waals surface area contributed by atoms with Gasteiger partial charge in [0.2, 0.25) is 5.91 Å². The van der Waals surface area contributed by atoms with E-state index in [0.29, 0.717) is 35.9 Å². The number of rotatable bonds is 14. The van der Waals surface area contributed by atoms with Crippen molar-refractivity contribution in [3.63, 3.8) is 0 Å². The molecular weight excluding hydrogens is 467 g/mol. The molecule has 2 aromatic heterocycles. The smallest absolute Gasteiger partial charge is 0.220 e. The number of ketones is 1. The maximum Gasteiger partial charge on any atom is 0.220 e. The van der Waals surface area contributed by atoms with Crippen LogP contribution in [0.4, 0.5) is 4.39 Å². The lowest BCUT2D eigenvalue weighted by Gasteiger charge is -2.10. The van der Waals surface area contributed by atoms with E-state index < -0.39 is 5.82 Å². The van der Waals surface area contributed by atoms with E-state index in [0.717, 1.165) is 42.0 Å². The lowest BCUT2D eigenvalue weighted by Crippen LogP contribution is -2.25. The standard InChI is InChI=1S/C30H39FN4O2/c1-4-5-6-8-20(2)27-19-29-33-28(23-10-11-23)18-25(35(29)34-27)9-7-16-32-30(37)15-13-22-12-14-24(31)17-26(22)21(3)36/h12,14,17-20,23H,4-11,13,15-16H2,1-3H3,(H,32,37). The van der Waals surface area contributed by atoms with Crippen LogP contribution in [0.5, 0.6) is 0 Å². The van der Waals surface area contributed by atoms with E-state index in [1.165, 1.54) is 51.2 Å². The summed E-state index contributed by atoms with van der Waals surface area (Å²) in [5.74, 6) is 0.272. The summed E-state index contributed by atoms with van der Waals surface area (Å²) in [5, 5.41) is 7.92. The molecule has 1 fully saturated rings. The van der Waals surface area contributed by atoms with Gasteiger partial charge in [0, 0.05) is 47.8 Å². The Morgan fingerprint density at radius 2 is 1.95 bits per heavy atom. The van der Waals surface area contributed by atoms with Gasteiger partial charge in [0.25, 0.3) is 0 Å². The number of benzene rings is 1. The predicted molar refractivity (Wildman–Crippen MR) is 144 cm³/mol. The van der Waals surface area contributed by atoms with Crippen LogP contribution in [-0.4, -0.2) is 32.8 Å². The quantitative estimate of drug-likeness (QED) is 0.205. The van der Waals surface area contributed by atoms with Crippen molar-refractivity contribution < 1.29 is 14.0 Å². The van der Waals surface area contributed by atoms with Crippen LogP contribution < -0.4 is 5.32 Å². The summed E-state index contributed by atoms with van der Waals surface area (Å²) >= 11 is 0. The Hall–Kier alpha value is -3.09. The van der Waals surface area contributed by atoms with E-state index in [9.17, 15) is 14.0 Å². The van der Waals surface area contributed by atoms with Crippen LogP contribution in [0.2, 0.25) is 0 Å². The maximum atomic E-state index is 13.5. The molecule has 1 aliphatic rings. The molecule has 3 aromatic rings. The van der Waals surface area contributed by atoms with E-state index in [4.69, 9.17) is 10.1 Å². The van der Waals surface area contributed by atoms with Crippen molar-refractivity contribution >= 4 is 17.3 Å². The minimum atomic E-state index is -0.441. The van der Waals surface area contributed by atoms with E-state index in [-0.39, 0.29) is 18.1 Å². The number of hydrogen-bond acceptors (Lipinski definition) is 4. The fraction of sp³-hybridized carbons (Fsp3) is 0.533. The molecule has 1 aromatic carbocycles. The Morgan fingerprint density at radius 1 is 1.14 bits per heavy atom. The normalized spacial score (nSPS) is 14.2. The first kappa shape index (κ1) is 27.0. The summed E-state index contributed by atoms with van der Waals surface area (Å²) in [6.45, 7) is 6.45. The molecular formula is C30H39FN4O2. The Balaban J connectivity index is 1.33. The molecule has 0 radical (unpaired) electrons. The van der Waals surface area contributed by atoms with Gasteiger partial charge in [-0.05, 0) is 69.2 Å². The average molecular weight is 507 g/mol. The number of nitrogens with one attached hydrogen (secondary N) is 1. The topological polar surface area (TPSA) is 76.4 Å². The van der Waals surface area contributed by atoms with Crippen LogP contribution in [-0.2, 0) is 17.6 Å². The van der Waals surface area contributed by atoms with Crippen LogP contribution in [0, 0.1) is 5.82 Å². The molecule has 7 heteroatoms. The zero-order valence-corrected chi connectivity index (χ0v) is 22.4. The van der Waals surface area contributed by atoms with Gasteiger partial charge in [-0.3, -0.25) is 9.59 Å². The zero-order valence-electron chi connectivity index (χ0n) is 22.4. The van der Waals surface area contributed by atoms with Crippen molar-refractivity contribution in [1.82, 2.24) is 19.9 Å². The summed E-state index contributed by atoms with van der Waals surface area (Å²) in [5.41, 5.74) is 5.40. The van der Waals surface area contributed by atoms with Crippen LogP contribution in [0.25, 0.3) is 5.65 Å². The lowest BCUT2D eigenvalue weighted by atomic mass is 10.00. The monoisotopic (exact) mass is 506 g/mol. The van der Waals surface area contributed by atoms with Gasteiger partial charge >= 0.3 is 0 Å². The Bertz CT molecular complexity index is 1250. The summed E-state index contributed by atoms with van der Waals surface area (Å²) in [6, 6.07) is 8.51. The first-order valence-corrected chi connectivity index (χ1v) is 13.8. The maximum absolute atomic E-state index is 13.5. The molecule has 1 atom stereocenters. The van der Waals surface area contributed by atoms with Gasteiger partial charge in [-0.15, -0.1) is 0 Å². The number of carbonyl (C=O) groups excluding carboxylic acids is 2. The minimum absolute atomic E-state index is 0.0698. The second-order valence-corrected chi connectivity index (χ2v) is 10.5. The van der Waals surface area contributed by atoms with Crippen molar-refractivity contribution in [1.29, 1.82) is 0 Å². The first-order chi connectivity index (χ1) is 17.9. The fourth-order valence-electron chi connectivity index (χ4n) is 4.86. The molecule has 0 saturated heterocycles. The number of fused-ring (bicyclic) bond motifs is 1. The predicted octanol–water partition coefficient (Wildman–Crippen LogP) is 6.31. The largest absolute Gasteiger partial charge is 0.356 e. The Kier molecular flexibility index (Phi) is 9.06.